The summed E-state index contributed by atoms with van der Waals surface area (Å²) < 4.78 is 10.8. The maximum Gasteiger partial charge on any atom is 0.275 e. The first-order valence-electron chi connectivity index (χ1n) is 7.04. The Morgan fingerprint density at radius 1 is 1.35 bits per heavy atom. The Morgan fingerprint density at radius 3 is 2.45 bits per heavy atom. The molecule has 0 saturated heterocycles. The van der Waals surface area contributed by atoms with E-state index in [2.05, 4.69) is 0 Å². The second-order valence-electron chi connectivity index (χ2n) is 4.52. The third kappa shape index (κ3) is 7.25. The molecule has 0 radical (unpaired) electrons. The Morgan fingerprint density at radius 2 is 2.00 bits per heavy atom. The zero-order chi connectivity index (χ0) is 15.5. The molecule has 0 bridgehead atoms. The molecule has 6 heteroatoms. The fourth-order valence-electron chi connectivity index (χ4n) is 1.56. The first-order valence-corrected chi connectivity index (χ1v) is 7.04. The van der Waals surface area contributed by atoms with Crippen molar-refractivity contribution in [2.75, 3.05) is 13.7 Å². The lowest BCUT2D eigenvalue weighted by Gasteiger charge is -2.27. The number of aliphatic hydroxyl groups excluding tert-OH is 1. The molecule has 20 heavy (non-hydrogen) atoms. The number of aliphatic hydroxyl groups is 1. The molecule has 0 fully saturated rings. The van der Waals surface area contributed by atoms with E-state index in [4.69, 9.17) is 21.1 Å². The smallest absolute Gasteiger partial charge is 0.275 e. The van der Waals surface area contributed by atoms with Crippen LogP contribution in [0.1, 0.15) is 40.0 Å². The summed E-state index contributed by atoms with van der Waals surface area (Å²) in [5, 5.41) is 11.5. The van der Waals surface area contributed by atoms with Gasteiger partial charge in [-0.25, -0.2) is 5.84 Å². The Balaban J connectivity index is 4.77. The van der Waals surface area contributed by atoms with Gasteiger partial charge in [0.25, 0.3) is 5.95 Å². The molecule has 6 nitrogen and oxygen atoms in total. The van der Waals surface area contributed by atoms with Crippen LogP contribution in [0.15, 0.2) is 23.9 Å². The van der Waals surface area contributed by atoms with Crippen molar-refractivity contribution >= 4 is 0 Å². The van der Waals surface area contributed by atoms with E-state index in [1.54, 1.807) is 6.20 Å². The predicted molar refractivity (Wildman–Crippen MR) is 80.0 cm³/mol. The van der Waals surface area contributed by atoms with Crippen LogP contribution in [0.25, 0.3) is 0 Å². The van der Waals surface area contributed by atoms with Gasteiger partial charge in [0.1, 0.15) is 6.10 Å². The summed E-state index contributed by atoms with van der Waals surface area (Å²) >= 11 is 0. The maximum atomic E-state index is 10.0. The van der Waals surface area contributed by atoms with Crippen molar-refractivity contribution in [2.45, 2.75) is 52.2 Å². The second kappa shape index (κ2) is 10.4. The van der Waals surface area contributed by atoms with Gasteiger partial charge in [-0.1, -0.05) is 20.8 Å². The lowest BCUT2D eigenvalue weighted by atomic mass is 10.1. The molecule has 0 aliphatic heterocycles. The van der Waals surface area contributed by atoms with Crippen molar-refractivity contribution in [3.8, 4) is 0 Å². The van der Waals surface area contributed by atoms with Crippen molar-refractivity contribution in [3.05, 3.63) is 23.9 Å². The normalized spacial score (nSPS) is 15.7. The molecule has 0 saturated carbocycles. The zero-order valence-electron chi connectivity index (χ0n) is 13.0. The maximum absolute atomic E-state index is 10.0. The van der Waals surface area contributed by atoms with Crippen LogP contribution >= 0.6 is 0 Å². The summed E-state index contributed by atoms with van der Waals surface area (Å²) in [7, 11) is 1.53. The molecule has 118 valence electrons. The molecule has 0 aromatic carbocycles. The highest BCUT2D eigenvalue weighted by molar-refractivity contribution is 4.94. The molecule has 5 N–H and O–H groups in total. The molecule has 0 aliphatic carbocycles. The van der Waals surface area contributed by atoms with Crippen LogP contribution in [0.5, 0.6) is 0 Å². The Kier molecular flexibility index (Phi) is 9.67. The number of allylic oxidation sites excluding steroid dienone is 2. The van der Waals surface area contributed by atoms with E-state index in [0.717, 1.165) is 6.42 Å². The lowest BCUT2D eigenvalue weighted by molar-refractivity contribution is -0.0629. The number of ether oxygens (including phenoxy) is 2. The first-order chi connectivity index (χ1) is 9.48. The molecule has 0 unspecified atom stereocenters. The summed E-state index contributed by atoms with van der Waals surface area (Å²) in [6.45, 7) is 6.13. The van der Waals surface area contributed by atoms with Gasteiger partial charge in [0.2, 0.25) is 0 Å². The van der Waals surface area contributed by atoms with E-state index in [9.17, 15) is 5.11 Å². The van der Waals surface area contributed by atoms with Gasteiger partial charge in [-0.3, -0.25) is 0 Å². The van der Waals surface area contributed by atoms with Crippen LogP contribution in [0.2, 0.25) is 0 Å². The highest BCUT2D eigenvalue weighted by Gasteiger charge is 2.22. The number of methoxy groups -OCH3 is 1. The van der Waals surface area contributed by atoms with Gasteiger partial charge in [0.15, 0.2) is 0 Å². The standard InChI is InChI=1S/C14H29N3O3/c1-5-8-14(19-4)20-13(12(18)7-3)10-17(16)9-11(15)6-2/h8-9,12-13,18H,5-7,10,15-16H2,1-4H3/b11-9-,14-8-/t12-,13+/m0/s1. The van der Waals surface area contributed by atoms with Gasteiger partial charge in [-0.2, -0.15) is 0 Å². The van der Waals surface area contributed by atoms with E-state index < -0.39 is 12.2 Å². The number of rotatable bonds is 10. The van der Waals surface area contributed by atoms with E-state index in [0.29, 0.717) is 31.0 Å². The minimum Gasteiger partial charge on any atom is -0.469 e. The van der Waals surface area contributed by atoms with Crippen molar-refractivity contribution in [2.24, 2.45) is 11.6 Å². The van der Waals surface area contributed by atoms with Crippen LogP contribution in [-0.2, 0) is 9.47 Å². The van der Waals surface area contributed by atoms with E-state index >= 15 is 0 Å². The zero-order valence-corrected chi connectivity index (χ0v) is 13.0. The van der Waals surface area contributed by atoms with Crippen LogP contribution < -0.4 is 11.6 Å². The molecule has 0 heterocycles. The molecule has 0 aliphatic rings. The number of hydrogen-bond acceptors (Lipinski definition) is 6. The molecule has 0 rings (SSSR count). The summed E-state index contributed by atoms with van der Waals surface area (Å²) in [5.41, 5.74) is 6.41. The molecule has 0 aromatic rings. The molecule has 0 aromatic heterocycles. The highest BCUT2D eigenvalue weighted by Crippen LogP contribution is 2.12. The minimum absolute atomic E-state index is 0.320. The van der Waals surface area contributed by atoms with Crippen molar-refractivity contribution in [3.63, 3.8) is 0 Å². The largest absolute Gasteiger partial charge is 0.469 e. The number of hydrazine groups is 1. The number of nitrogens with zero attached hydrogens (tertiary/aromatic N) is 1. The van der Waals surface area contributed by atoms with E-state index in [-0.39, 0.29) is 0 Å². The molecular weight excluding hydrogens is 258 g/mol. The number of nitrogens with two attached hydrogens (primary N) is 2. The molecule has 0 spiro atoms. The summed E-state index contributed by atoms with van der Waals surface area (Å²) in [6.07, 6.45) is 4.41. The van der Waals surface area contributed by atoms with Crippen molar-refractivity contribution in [1.82, 2.24) is 5.01 Å². The van der Waals surface area contributed by atoms with E-state index in [1.165, 1.54) is 12.1 Å². The topological polar surface area (TPSA) is 94.0 Å². The second-order valence-corrected chi connectivity index (χ2v) is 4.52. The van der Waals surface area contributed by atoms with Gasteiger partial charge >= 0.3 is 0 Å². The average Bonchev–Trinajstić information content (AvgIpc) is 2.44. The summed E-state index contributed by atoms with van der Waals surface area (Å²) in [6, 6.07) is 0. The lowest BCUT2D eigenvalue weighted by Crippen LogP contribution is -2.42. The van der Waals surface area contributed by atoms with Crippen LogP contribution in [0.4, 0.5) is 0 Å². The van der Waals surface area contributed by atoms with Gasteiger partial charge < -0.3 is 25.3 Å². The quantitative estimate of drug-likeness (QED) is 0.320. The monoisotopic (exact) mass is 287 g/mol. The summed E-state index contributed by atoms with van der Waals surface area (Å²) in [4.78, 5) is 0. The van der Waals surface area contributed by atoms with Gasteiger partial charge in [0, 0.05) is 11.9 Å². The fourth-order valence-corrected chi connectivity index (χ4v) is 1.56. The Labute approximate surface area is 122 Å². The predicted octanol–water partition coefficient (Wildman–Crippen LogP) is 1.43. The van der Waals surface area contributed by atoms with Crippen LogP contribution in [-0.4, -0.2) is 36.0 Å². The minimum atomic E-state index is -0.632. The Bertz CT molecular complexity index is 319. The molecule has 0 amide bonds. The Hall–Kier alpha value is -1.40. The van der Waals surface area contributed by atoms with E-state index in [1.807, 2.05) is 26.8 Å². The van der Waals surface area contributed by atoms with Crippen LogP contribution in [0.3, 0.4) is 0 Å². The molecule has 2 atom stereocenters. The van der Waals surface area contributed by atoms with Crippen molar-refractivity contribution < 1.29 is 14.6 Å². The number of hydrogen-bond donors (Lipinski definition) is 3. The van der Waals surface area contributed by atoms with Crippen LogP contribution in [0, 0.1) is 0 Å². The third-order valence-corrected chi connectivity index (χ3v) is 2.82. The third-order valence-electron chi connectivity index (χ3n) is 2.82. The average molecular weight is 287 g/mol. The summed E-state index contributed by atoms with van der Waals surface area (Å²) in [5.74, 6) is 6.25. The van der Waals surface area contributed by atoms with Gasteiger partial charge in [-0.15, -0.1) is 0 Å². The van der Waals surface area contributed by atoms with Gasteiger partial charge in [-0.05, 0) is 25.3 Å². The SMILES string of the molecule is CC/C=C(/OC)O[C@H](CN(N)/C=C(\N)CC)[C@@H](O)CC. The van der Waals surface area contributed by atoms with Crippen molar-refractivity contribution in [1.29, 1.82) is 0 Å². The highest BCUT2D eigenvalue weighted by atomic mass is 16.7. The van der Waals surface area contributed by atoms with Gasteiger partial charge in [0.05, 0.1) is 19.8 Å². The fraction of sp³-hybridized carbons (Fsp3) is 0.714. The molecular formula is C14H29N3O3. The first kappa shape index (κ1) is 18.6.